The van der Waals surface area contributed by atoms with Gasteiger partial charge in [0, 0.05) is 10.8 Å². The second kappa shape index (κ2) is 4.77. The van der Waals surface area contributed by atoms with Gasteiger partial charge in [0.25, 0.3) is 0 Å². The first kappa shape index (κ1) is 14.9. The monoisotopic (exact) mass is 298 g/mol. The first-order valence-electron chi connectivity index (χ1n) is 7.66. The Labute approximate surface area is 130 Å². The van der Waals surface area contributed by atoms with E-state index in [1.807, 2.05) is 6.07 Å². The Morgan fingerprint density at radius 3 is 2.09 bits per heavy atom. The van der Waals surface area contributed by atoms with Crippen LogP contribution >= 0.6 is 0 Å². The molecule has 4 nitrogen and oxygen atoms in total. The zero-order valence-corrected chi connectivity index (χ0v) is 13.9. The third-order valence-electron chi connectivity index (χ3n) is 4.74. The van der Waals surface area contributed by atoms with Gasteiger partial charge in [-0.15, -0.1) is 0 Å². The van der Waals surface area contributed by atoms with Crippen molar-refractivity contribution >= 4 is 17.0 Å². The summed E-state index contributed by atoms with van der Waals surface area (Å²) in [5, 5.41) is 0. The molecule has 22 heavy (non-hydrogen) atoms. The summed E-state index contributed by atoms with van der Waals surface area (Å²) in [6, 6.07) is 5.37. The lowest BCUT2D eigenvalue weighted by atomic mass is 9.67. The summed E-state index contributed by atoms with van der Waals surface area (Å²) in [6.45, 7) is 8.88. The van der Waals surface area contributed by atoms with Crippen molar-refractivity contribution in [2.45, 2.75) is 51.4 Å². The molecule has 116 valence electrons. The molecule has 3 rings (SSSR count). The first-order chi connectivity index (χ1) is 10.2. The van der Waals surface area contributed by atoms with Crippen LogP contribution in [0.3, 0.4) is 0 Å². The topological polar surface area (TPSA) is 52.1 Å². The molecule has 2 aromatic rings. The van der Waals surface area contributed by atoms with Crippen molar-refractivity contribution in [1.29, 1.82) is 0 Å². The van der Waals surface area contributed by atoms with E-state index < -0.39 is 0 Å². The van der Waals surface area contributed by atoms with Crippen LogP contribution < -0.4 is 0 Å². The smallest absolute Gasteiger partial charge is 0.337 e. The maximum absolute atomic E-state index is 11.7. The molecule has 0 bridgehead atoms. The molecule has 0 unspecified atom stereocenters. The van der Waals surface area contributed by atoms with E-state index in [0.717, 1.165) is 35.3 Å². The van der Waals surface area contributed by atoms with E-state index in [1.54, 1.807) is 12.1 Å². The third kappa shape index (κ3) is 2.27. The summed E-state index contributed by atoms with van der Waals surface area (Å²) < 4.78 is 4.78. The molecule has 0 aliphatic heterocycles. The van der Waals surface area contributed by atoms with Crippen LogP contribution in [0.2, 0.25) is 0 Å². The van der Waals surface area contributed by atoms with Gasteiger partial charge in [-0.05, 0) is 31.0 Å². The molecule has 0 saturated carbocycles. The van der Waals surface area contributed by atoms with Crippen molar-refractivity contribution in [2.24, 2.45) is 0 Å². The van der Waals surface area contributed by atoms with Crippen LogP contribution in [0.25, 0.3) is 11.0 Å². The molecule has 0 amide bonds. The van der Waals surface area contributed by atoms with Gasteiger partial charge in [0.1, 0.15) is 0 Å². The number of rotatable bonds is 1. The lowest BCUT2D eigenvalue weighted by molar-refractivity contribution is 0.0601. The molecule has 1 aliphatic carbocycles. The van der Waals surface area contributed by atoms with Crippen LogP contribution in [0.1, 0.15) is 62.3 Å². The number of methoxy groups -OCH3 is 1. The van der Waals surface area contributed by atoms with E-state index in [2.05, 4.69) is 27.7 Å². The molecule has 0 saturated heterocycles. The zero-order chi connectivity index (χ0) is 16.1. The molecule has 1 aromatic carbocycles. The van der Waals surface area contributed by atoms with Crippen molar-refractivity contribution in [3.8, 4) is 0 Å². The van der Waals surface area contributed by atoms with Gasteiger partial charge in [-0.1, -0.05) is 27.7 Å². The molecule has 0 radical (unpaired) electrons. The number of aromatic nitrogens is 2. The molecule has 4 heteroatoms. The fourth-order valence-electron chi connectivity index (χ4n) is 3.10. The van der Waals surface area contributed by atoms with Gasteiger partial charge in [-0.2, -0.15) is 0 Å². The third-order valence-corrected chi connectivity index (χ3v) is 4.74. The largest absolute Gasteiger partial charge is 0.465 e. The summed E-state index contributed by atoms with van der Waals surface area (Å²) in [5.41, 5.74) is 4.28. The standard InChI is InChI=1S/C18H22N2O2/c1-17(2)8-9-18(3,4)15-14(17)19-12-7-6-11(16(21)22-5)10-13(12)20-15/h6-7,10H,8-9H2,1-5H3. The van der Waals surface area contributed by atoms with E-state index in [-0.39, 0.29) is 16.8 Å². The Morgan fingerprint density at radius 1 is 1.00 bits per heavy atom. The Hall–Kier alpha value is -1.97. The van der Waals surface area contributed by atoms with Gasteiger partial charge in [0.05, 0.1) is 35.1 Å². The summed E-state index contributed by atoms with van der Waals surface area (Å²) in [6.07, 6.45) is 2.19. The van der Waals surface area contributed by atoms with Gasteiger partial charge in [-0.25, -0.2) is 14.8 Å². The molecular formula is C18H22N2O2. The Morgan fingerprint density at radius 2 is 1.55 bits per heavy atom. The average Bonchev–Trinajstić information content (AvgIpc) is 2.49. The summed E-state index contributed by atoms with van der Waals surface area (Å²) >= 11 is 0. The quantitative estimate of drug-likeness (QED) is 0.752. The van der Waals surface area contributed by atoms with Crippen molar-refractivity contribution in [3.05, 3.63) is 35.2 Å². The van der Waals surface area contributed by atoms with Gasteiger partial charge < -0.3 is 4.74 Å². The molecule has 1 aromatic heterocycles. The van der Waals surface area contributed by atoms with E-state index in [0.29, 0.717) is 5.56 Å². The highest BCUT2D eigenvalue weighted by atomic mass is 16.5. The maximum atomic E-state index is 11.7. The van der Waals surface area contributed by atoms with Gasteiger partial charge in [-0.3, -0.25) is 0 Å². The fraction of sp³-hybridized carbons (Fsp3) is 0.500. The number of benzene rings is 1. The SMILES string of the molecule is COC(=O)c1ccc2nc3c(nc2c1)C(C)(C)CCC3(C)C. The summed E-state index contributed by atoms with van der Waals surface area (Å²) in [7, 11) is 1.39. The highest BCUT2D eigenvalue weighted by molar-refractivity contribution is 5.93. The van der Waals surface area contributed by atoms with Crippen LogP contribution in [0.15, 0.2) is 18.2 Å². The van der Waals surface area contributed by atoms with Crippen LogP contribution in [-0.4, -0.2) is 23.0 Å². The number of esters is 1. The highest BCUT2D eigenvalue weighted by Crippen LogP contribution is 2.44. The van der Waals surface area contributed by atoms with Crippen molar-refractivity contribution in [2.75, 3.05) is 7.11 Å². The maximum Gasteiger partial charge on any atom is 0.337 e. The number of carbonyl (C=O) groups excluding carboxylic acids is 1. The average molecular weight is 298 g/mol. The molecule has 0 N–H and O–H groups in total. The fourth-order valence-corrected chi connectivity index (χ4v) is 3.10. The van der Waals surface area contributed by atoms with Crippen molar-refractivity contribution < 1.29 is 9.53 Å². The summed E-state index contributed by atoms with van der Waals surface area (Å²) in [5.74, 6) is -0.346. The second-order valence-electron chi connectivity index (χ2n) is 7.38. The highest BCUT2D eigenvalue weighted by Gasteiger charge is 2.39. The number of ether oxygens (including phenoxy) is 1. The Balaban J connectivity index is 2.25. The normalized spacial score (nSPS) is 18.8. The van der Waals surface area contributed by atoms with E-state index in [9.17, 15) is 4.79 Å². The van der Waals surface area contributed by atoms with E-state index in [4.69, 9.17) is 14.7 Å². The Bertz CT molecular complexity index is 763. The zero-order valence-electron chi connectivity index (χ0n) is 13.9. The number of nitrogens with zero attached hydrogens (tertiary/aromatic N) is 2. The minimum absolute atomic E-state index is 0.00726. The molecule has 0 fully saturated rings. The number of hydrogen-bond donors (Lipinski definition) is 0. The molecule has 0 atom stereocenters. The predicted octanol–water partition coefficient (Wildman–Crippen LogP) is 3.77. The molecule has 0 spiro atoms. The number of hydrogen-bond acceptors (Lipinski definition) is 4. The minimum Gasteiger partial charge on any atom is -0.465 e. The van der Waals surface area contributed by atoms with Crippen LogP contribution in [0, 0.1) is 0 Å². The molecular weight excluding hydrogens is 276 g/mol. The van der Waals surface area contributed by atoms with Gasteiger partial charge in [0.2, 0.25) is 0 Å². The van der Waals surface area contributed by atoms with Crippen LogP contribution in [-0.2, 0) is 15.6 Å². The first-order valence-corrected chi connectivity index (χ1v) is 7.66. The van der Waals surface area contributed by atoms with Gasteiger partial charge >= 0.3 is 5.97 Å². The lowest BCUT2D eigenvalue weighted by Gasteiger charge is -2.39. The number of fused-ring (bicyclic) bond motifs is 2. The number of carbonyl (C=O) groups is 1. The minimum atomic E-state index is -0.346. The van der Waals surface area contributed by atoms with E-state index in [1.165, 1.54) is 7.11 Å². The predicted molar refractivity (Wildman–Crippen MR) is 86.2 cm³/mol. The molecule has 1 aliphatic rings. The summed E-state index contributed by atoms with van der Waals surface area (Å²) in [4.78, 5) is 21.5. The Kier molecular flexibility index (Phi) is 3.24. The molecule has 1 heterocycles. The van der Waals surface area contributed by atoms with Crippen LogP contribution in [0.4, 0.5) is 0 Å². The lowest BCUT2D eigenvalue weighted by Crippen LogP contribution is -2.36. The van der Waals surface area contributed by atoms with Crippen molar-refractivity contribution in [1.82, 2.24) is 9.97 Å². The van der Waals surface area contributed by atoms with E-state index >= 15 is 0 Å². The van der Waals surface area contributed by atoms with Gasteiger partial charge in [0.15, 0.2) is 0 Å². The van der Waals surface area contributed by atoms with Crippen LogP contribution in [0.5, 0.6) is 0 Å². The van der Waals surface area contributed by atoms with Crippen molar-refractivity contribution in [3.63, 3.8) is 0 Å². The second-order valence-corrected chi connectivity index (χ2v) is 7.38.